The summed E-state index contributed by atoms with van der Waals surface area (Å²) in [4.78, 5) is 0.0625. The van der Waals surface area contributed by atoms with Crippen molar-refractivity contribution in [2.75, 3.05) is 0 Å². The molecule has 0 spiro atoms. The molecule has 0 aromatic heterocycles. The molecule has 3 nitrogen and oxygen atoms in total. The van der Waals surface area contributed by atoms with Crippen molar-refractivity contribution in [1.29, 1.82) is 0 Å². The fraction of sp³-hybridized carbons (Fsp3) is 0.760. The number of unbranched alkanes of at least 4 members (excludes halogenated alkanes) is 9. The van der Waals surface area contributed by atoms with Crippen molar-refractivity contribution in [3.8, 4) is 0 Å². The molecule has 0 amide bonds. The predicted octanol–water partition coefficient (Wildman–Crippen LogP) is 8.01. The van der Waals surface area contributed by atoms with E-state index in [1.165, 1.54) is 94.6 Å². The number of hydrogen-bond acceptors (Lipinski definition) is 2. The van der Waals surface area contributed by atoms with Crippen molar-refractivity contribution >= 4 is 10.1 Å². The van der Waals surface area contributed by atoms with E-state index in [0.717, 1.165) is 12.8 Å². The molecule has 1 N–H and O–H groups in total. The van der Waals surface area contributed by atoms with Gasteiger partial charge in [-0.2, -0.15) is 8.42 Å². The monoisotopic (exact) mass is 422 g/mol. The Morgan fingerprint density at radius 1 is 0.759 bits per heavy atom. The lowest BCUT2D eigenvalue weighted by Gasteiger charge is -2.32. The highest BCUT2D eigenvalue weighted by molar-refractivity contribution is 7.85. The number of benzene rings is 1. The second-order valence-electron chi connectivity index (χ2n) is 9.00. The largest absolute Gasteiger partial charge is 0.294 e. The van der Waals surface area contributed by atoms with Crippen LogP contribution in [0.4, 0.5) is 0 Å². The van der Waals surface area contributed by atoms with Gasteiger partial charge in [-0.25, -0.2) is 0 Å². The normalized spacial score (nSPS) is 19.3. The van der Waals surface area contributed by atoms with Crippen molar-refractivity contribution in [3.05, 3.63) is 29.3 Å². The Kier molecular flexibility index (Phi) is 10.7. The van der Waals surface area contributed by atoms with E-state index < -0.39 is 10.1 Å². The summed E-state index contributed by atoms with van der Waals surface area (Å²) in [5.74, 6) is 0.983. The molecule has 29 heavy (non-hydrogen) atoms. The third-order valence-electron chi connectivity index (χ3n) is 6.66. The highest BCUT2D eigenvalue weighted by Crippen LogP contribution is 2.44. The van der Waals surface area contributed by atoms with Crippen LogP contribution in [0.2, 0.25) is 0 Å². The van der Waals surface area contributed by atoms with Crippen LogP contribution in [0.25, 0.3) is 0 Å². The molecule has 0 radical (unpaired) electrons. The maximum Gasteiger partial charge on any atom is 0.294 e. The van der Waals surface area contributed by atoms with Gasteiger partial charge >= 0.3 is 0 Å². The third-order valence-corrected chi connectivity index (χ3v) is 7.51. The van der Waals surface area contributed by atoms with E-state index in [0.29, 0.717) is 11.8 Å². The maximum atomic E-state index is 11.7. The van der Waals surface area contributed by atoms with Crippen molar-refractivity contribution in [2.24, 2.45) is 0 Å². The second kappa shape index (κ2) is 12.7. The predicted molar refractivity (Wildman–Crippen MR) is 122 cm³/mol. The van der Waals surface area contributed by atoms with Crippen molar-refractivity contribution in [1.82, 2.24) is 0 Å². The summed E-state index contributed by atoms with van der Waals surface area (Å²) in [6, 6.07) is 5.37. The van der Waals surface area contributed by atoms with E-state index in [2.05, 4.69) is 13.8 Å². The maximum absolute atomic E-state index is 11.7. The van der Waals surface area contributed by atoms with Gasteiger partial charge in [0, 0.05) is 0 Å². The van der Waals surface area contributed by atoms with Gasteiger partial charge in [0.1, 0.15) is 0 Å². The molecular formula is C25H42O3S. The molecule has 2 unspecified atom stereocenters. The van der Waals surface area contributed by atoms with Crippen LogP contribution in [0.3, 0.4) is 0 Å². The molecule has 1 aromatic rings. The molecule has 1 aromatic carbocycles. The molecule has 0 aliphatic heterocycles. The molecule has 1 aliphatic carbocycles. The molecule has 1 aliphatic rings. The van der Waals surface area contributed by atoms with E-state index in [1.54, 1.807) is 12.1 Å². The van der Waals surface area contributed by atoms with Crippen molar-refractivity contribution in [2.45, 2.75) is 127 Å². The van der Waals surface area contributed by atoms with Crippen LogP contribution in [-0.4, -0.2) is 13.0 Å². The molecule has 0 saturated heterocycles. The van der Waals surface area contributed by atoms with Gasteiger partial charge in [-0.3, -0.25) is 4.55 Å². The quantitative estimate of drug-likeness (QED) is 0.244. The summed E-state index contributed by atoms with van der Waals surface area (Å²) < 4.78 is 32.9. The average Bonchev–Trinajstić information content (AvgIpc) is 2.70. The minimum atomic E-state index is -4.14. The smallest absolute Gasteiger partial charge is 0.282 e. The molecule has 166 valence electrons. The first-order valence-corrected chi connectivity index (χ1v) is 13.5. The topological polar surface area (TPSA) is 54.4 Å². The van der Waals surface area contributed by atoms with Gasteiger partial charge in [0.25, 0.3) is 10.1 Å². The summed E-state index contributed by atoms with van der Waals surface area (Å²) in [7, 11) is -4.14. The summed E-state index contributed by atoms with van der Waals surface area (Å²) in [5.41, 5.74) is 2.54. The van der Waals surface area contributed by atoms with E-state index in [-0.39, 0.29) is 4.90 Å². The average molecular weight is 423 g/mol. The highest BCUT2D eigenvalue weighted by Gasteiger charge is 2.28. The number of hydrogen-bond donors (Lipinski definition) is 1. The Labute approximate surface area is 179 Å². The van der Waals surface area contributed by atoms with Gasteiger partial charge in [-0.15, -0.1) is 0 Å². The lowest BCUT2D eigenvalue weighted by atomic mass is 9.73. The van der Waals surface area contributed by atoms with Gasteiger partial charge in [0.15, 0.2) is 0 Å². The van der Waals surface area contributed by atoms with Crippen LogP contribution in [0, 0.1) is 0 Å². The van der Waals surface area contributed by atoms with Crippen LogP contribution in [0.5, 0.6) is 0 Å². The lowest BCUT2D eigenvalue weighted by molar-refractivity contribution is 0.419. The molecular weight excluding hydrogens is 380 g/mol. The van der Waals surface area contributed by atoms with Gasteiger partial charge in [-0.1, -0.05) is 90.5 Å². The first-order chi connectivity index (χ1) is 14.0. The molecule has 0 heterocycles. The van der Waals surface area contributed by atoms with Crippen molar-refractivity contribution < 1.29 is 13.0 Å². The summed E-state index contributed by atoms with van der Waals surface area (Å²) in [5, 5.41) is 0. The lowest BCUT2D eigenvalue weighted by Crippen LogP contribution is -2.16. The molecule has 2 rings (SSSR count). The Balaban J connectivity index is 2.03. The molecule has 0 saturated carbocycles. The summed E-state index contributed by atoms with van der Waals surface area (Å²) in [6.07, 6.45) is 18.9. The van der Waals surface area contributed by atoms with Crippen LogP contribution in [0.1, 0.15) is 133 Å². The van der Waals surface area contributed by atoms with Gasteiger partial charge in [0.2, 0.25) is 0 Å². The Bertz CT molecular complexity index is 696. The minimum absolute atomic E-state index is 0.0625. The minimum Gasteiger partial charge on any atom is -0.282 e. The highest BCUT2D eigenvalue weighted by atomic mass is 32.2. The second-order valence-corrected chi connectivity index (χ2v) is 10.4. The van der Waals surface area contributed by atoms with Crippen LogP contribution >= 0.6 is 0 Å². The molecule has 0 bridgehead atoms. The number of rotatable bonds is 14. The van der Waals surface area contributed by atoms with Gasteiger partial charge in [-0.05, 0) is 60.8 Å². The van der Waals surface area contributed by atoms with Crippen LogP contribution in [0.15, 0.2) is 23.1 Å². The fourth-order valence-corrected chi connectivity index (χ4v) is 5.43. The Morgan fingerprint density at radius 3 is 1.76 bits per heavy atom. The Morgan fingerprint density at radius 2 is 1.24 bits per heavy atom. The first-order valence-electron chi connectivity index (χ1n) is 12.1. The zero-order valence-corrected chi connectivity index (χ0v) is 19.5. The molecule has 2 atom stereocenters. The first kappa shape index (κ1) is 24.4. The third kappa shape index (κ3) is 8.05. The SMILES string of the molecule is CCCCCCCCC1CCC(CCCCCCC)c2cc(S(=O)(=O)O)ccc21. The van der Waals surface area contributed by atoms with E-state index in [4.69, 9.17) is 0 Å². The van der Waals surface area contributed by atoms with Crippen LogP contribution < -0.4 is 0 Å². The Hall–Kier alpha value is -0.870. The molecule has 0 fully saturated rings. The molecule has 4 heteroatoms. The van der Waals surface area contributed by atoms with E-state index in [1.807, 2.05) is 6.07 Å². The number of fused-ring (bicyclic) bond motifs is 1. The fourth-order valence-electron chi connectivity index (χ4n) is 4.92. The van der Waals surface area contributed by atoms with E-state index >= 15 is 0 Å². The van der Waals surface area contributed by atoms with Crippen LogP contribution in [-0.2, 0) is 10.1 Å². The van der Waals surface area contributed by atoms with Crippen molar-refractivity contribution in [3.63, 3.8) is 0 Å². The zero-order chi connectivity index (χ0) is 21.1. The standard InChI is InChI=1S/C25H42O3S/c1-3-5-7-9-11-13-14-21-16-17-22(15-12-10-8-6-4-2)25-20-23(29(26,27)28)18-19-24(21)25/h18-22H,3-17H2,1-2H3,(H,26,27,28). The van der Waals surface area contributed by atoms with Gasteiger partial charge in [0.05, 0.1) is 4.90 Å². The zero-order valence-electron chi connectivity index (χ0n) is 18.7. The summed E-state index contributed by atoms with van der Waals surface area (Å²) >= 11 is 0. The van der Waals surface area contributed by atoms with Gasteiger partial charge < -0.3 is 0 Å². The summed E-state index contributed by atoms with van der Waals surface area (Å²) in [6.45, 7) is 4.48. The van der Waals surface area contributed by atoms with E-state index in [9.17, 15) is 13.0 Å².